The first-order valence-corrected chi connectivity index (χ1v) is 6.94. The molecular formula is C16H25N. The maximum absolute atomic E-state index is 3.67. The van der Waals surface area contributed by atoms with Gasteiger partial charge in [0.15, 0.2) is 0 Å². The van der Waals surface area contributed by atoms with Gasteiger partial charge in [-0.25, -0.2) is 0 Å². The molecule has 1 aromatic rings. The van der Waals surface area contributed by atoms with Crippen LogP contribution in [0, 0.1) is 6.92 Å². The number of rotatable bonds is 4. The summed E-state index contributed by atoms with van der Waals surface area (Å²) in [5, 5.41) is 3.67. The van der Waals surface area contributed by atoms with Crippen molar-refractivity contribution in [3.63, 3.8) is 0 Å². The second-order valence-corrected chi connectivity index (χ2v) is 5.82. The van der Waals surface area contributed by atoms with Crippen LogP contribution in [-0.4, -0.2) is 12.6 Å². The minimum Gasteiger partial charge on any atom is -0.314 e. The van der Waals surface area contributed by atoms with E-state index >= 15 is 0 Å². The molecule has 1 aliphatic rings. The number of aryl methyl sites for hydroxylation is 1. The van der Waals surface area contributed by atoms with Crippen LogP contribution in [0.1, 0.15) is 50.7 Å². The third-order valence-corrected chi connectivity index (χ3v) is 4.17. The zero-order chi connectivity index (χ0) is 12.3. The van der Waals surface area contributed by atoms with E-state index in [9.17, 15) is 0 Å². The highest BCUT2D eigenvalue weighted by atomic mass is 14.9. The second-order valence-electron chi connectivity index (χ2n) is 5.82. The van der Waals surface area contributed by atoms with Crippen molar-refractivity contribution in [2.45, 2.75) is 57.9 Å². The van der Waals surface area contributed by atoms with E-state index in [1.807, 2.05) is 0 Å². The van der Waals surface area contributed by atoms with Gasteiger partial charge in [0.05, 0.1) is 0 Å². The Kier molecular flexibility index (Phi) is 3.88. The average molecular weight is 231 g/mol. The molecule has 1 aromatic carbocycles. The number of benzene rings is 1. The average Bonchev–Trinajstić information content (AvgIpc) is 2.70. The highest BCUT2D eigenvalue weighted by Crippen LogP contribution is 2.40. The summed E-state index contributed by atoms with van der Waals surface area (Å²) in [5.74, 6) is 0. The fourth-order valence-electron chi connectivity index (χ4n) is 2.98. The van der Waals surface area contributed by atoms with Gasteiger partial charge in [-0.05, 0) is 50.1 Å². The van der Waals surface area contributed by atoms with Gasteiger partial charge in [0.2, 0.25) is 0 Å². The van der Waals surface area contributed by atoms with Gasteiger partial charge in [0.25, 0.3) is 0 Å². The highest BCUT2D eigenvalue weighted by Gasteiger charge is 2.35. The van der Waals surface area contributed by atoms with Crippen molar-refractivity contribution in [1.82, 2.24) is 5.32 Å². The molecule has 1 heteroatoms. The predicted molar refractivity (Wildman–Crippen MR) is 74.5 cm³/mol. The minimum atomic E-state index is 0.388. The van der Waals surface area contributed by atoms with Gasteiger partial charge >= 0.3 is 0 Å². The molecule has 1 fully saturated rings. The molecule has 17 heavy (non-hydrogen) atoms. The summed E-state index contributed by atoms with van der Waals surface area (Å²) in [6.45, 7) is 7.98. The Hall–Kier alpha value is -0.820. The quantitative estimate of drug-likeness (QED) is 0.831. The Morgan fingerprint density at radius 1 is 1.29 bits per heavy atom. The van der Waals surface area contributed by atoms with E-state index in [0.29, 0.717) is 5.41 Å². The van der Waals surface area contributed by atoms with Crippen LogP contribution >= 0.6 is 0 Å². The van der Waals surface area contributed by atoms with Crippen LogP contribution in [-0.2, 0) is 5.41 Å². The first-order valence-electron chi connectivity index (χ1n) is 6.94. The van der Waals surface area contributed by atoms with E-state index in [1.165, 1.54) is 36.8 Å². The molecule has 0 heterocycles. The molecule has 0 aromatic heterocycles. The normalized spacial score (nSPS) is 28.5. The lowest BCUT2D eigenvalue weighted by atomic mass is 9.80. The first kappa shape index (κ1) is 12.6. The number of nitrogens with one attached hydrogen (secondary N) is 1. The van der Waals surface area contributed by atoms with E-state index in [0.717, 1.165) is 12.6 Å². The van der Waals surface area contributed by atoms with Crippen LogP contribution in [0.3, 0.4) is 0 Å². The minimum absolute atomic E-state index is 0.388. The molecule has 2 atom stereocenters. The summed E-state index contributed by atoms with van der Waals surface area (Å²) < 4.78 is 0. The van der Waals surface area contributed by atoms with Crippen LogP contribution in [0.4, 0.5) is 0 Å². The Labute approximate surface area is 106 Å². The standard InChI is InChI=1S/C16H25N/c1-4-11-17-15-9-10-16(3,12-15)14-7-5-13(2)6-8-14/h5-8,15,17H,4,9-12H2,1-3H3. The summed E-state index contributed by atoms with van der Waals surface area (Å²) in [5.41, 5.74) is 3.26. The molecule has 1 N–H and O–H groups in total. The van der Waals surface area contributed by atoms with Crippen molar-refractivity contribution >= 4 is 0 Å². The molecule has 0 aliphatic heterocycles. The number of hydrogen-bond acceptors (Lipinski definition) is 1. The van der Waals surface area contributed by atoms with Crippen molar-refractivity contribution in [3.05, 3.63) is 35.4 Å². The van der Waals surface area contributed by atoms with Gasteiger partial charge < -0.3 is 5.32 Å². The smallest absolute Gasteiger partial charge is 0.00757 e. The van der Waals surface area contributed by atoms with E-state index in [1.54, 1.807) is 0 Å². The Bertz CT molecular complexity index is 354. The molecule has 1 nitrogen and oxygen atoms in total. The van der Waals surface area contributed by atoms with Crippen molar-refractivity contribution < 1.29 is 0 Å². The van der Waals surface area contributed by atoms with Crippen LogP contribution in [0.2, 0.25) is 0 Å². The largest absolute Gasteiger partial charge is 0.314 e. The maximum atomic E-state index is 3.67. The van der Waals surface area contributed by atoms with E-state index in [4.69, 9.17) is 0 Å². The van der Waals surface area contributed by atoms with Crippen molar-refractivity contribution in [3.8, 4) is 0 Å². The Balaban J connectivity index is 2.03. The van der Waals surface area contributed by atoms with Crippen LogP contribution in [0.15, 0.2) is 24.3 Å². The molecule has 0 saturated heterocycles. The molecule has 2 unspecified atom stereocenters. The van der Waals surface area contributed by atoms with Gasteiger partial charge in [-0.15, -0.1) is 0 Å². The molecule has 0 bridgehead atoms. The fourth-order valence-corrected chi connectivity index (χ4v) is 2.98. The first-order chi connectivity index (χ1) is 8.14. The fraction of sp³-hybridized carbons (Fsp3) is 0.625. The summed E-state index contributed by atoms with van der Waals surface area (Å²) in [7, 11) is 0. The maximum Gasteiger partial charge on any atom is 0.00757 e. The molecule has 0 radical (unpaired) electrons. The van der Waals surface area contributed by atoms with Crippen LogP contribution in [0.25, 0.3) is 0 Å². The molecule has 1 aliphatic carbocycles. The lowest BCUT2D eigenvalue weighted by Gasteiger charge is -2.25. The molecule has 1 saturated carbocycles. The lowest BCUT2D eigenvalue weighted by molar-refractivity contribution is 0.452. The second kappa shape index (κ2) is 5.22. The topological polar surface area (TPSA) is 12.0 Å². The molecule has 0 amide bonds. The summed E-state index contributed by atoms with van der Waals surface area (Å²) in [6, 6.07) is 9.84. The van der Waals surface area contributed by atoms with Gasteiger partial charge in [-0.1, -0.05) is 43.7 Å². The van der Waals surface area contributed by atoms with Crippen molar-refractivity contribution in [1.29, 1.82) is 0 Å². The summed E-state index contributed by atoms with van der Waals surface area (Å²) in [6.07, 6.45) is 5.16. The van der Waals surface area contributed by atoms with Gasteiger partial charge in [0.1, 0.15) is 0 Å². The molecule has 0 spiro atoms. The zero-order valence-electron chi connectivity index (χ0n) is 11.4. The molecular weight excluding hydrogens is 206 g/mol. The lowest BCUT2D eigenvalue weighted by Crippen LogP contribution is -2.29. The van der Waals surface area contributed by atoms with E-state index in [-0.39, 0.29) is 0 Å². The van der Waals surface area contributed by atoms with Crippen LogP contribution < -0.4 is 5.32 Å². The van der Waals surface area contributed by atoms with Crippen molar-refractivity contribution in [2.24, 2.45) is 0 Å². The molecule has 2 rings (SSSR count). The van der Waals surface area contributed by atoms with Gasteiger partial charge in [-0.3, -0.25) is 0 Å². The third-order valence-electron chi connectivity index (χ3n) is 4.17. The Morgan fingerprint density at radius 2 is 2.00 bits per heavy atom. The summed E-state index contributed by atoms with van der Waals surface area (Å²) in [4.78, 5) is 0. The van der Waals surface area contributed by atoms with Gasteiger partial charge in [-0.2, -0.15) is 0 Å². The zero-order valence-corrected chi connectivity index (χ0v) is 11.4. The monoisotopic (exact) mass is 231 g/mol. The number of hydrogen-bond donors (Lipinski definition) is 1. The highest BCUT2D eigenvalue weighted by molar-refractivity contribution is 5.29. The third kappa shape index (κ3) is 2.90. The molecule has 94 valence electrons. The van der Waals surface area contributed by atoms with Gasteiger partial charge in [0, 0.05) is 6.04 Å². The Morgan fingerprint density at radius 3 is 2.65 bits per heavy atom. The predicted octanol–water partition coefficient (Wildman–Crippen LogP) is 3.80. The van der Waals surface area contributed by atoms with E-state index in [2.05, 4.69) is 50.4 Å². The van der Waals surface area contributed by atoms with Crippen molar-refractivity contribution in [2.75, 3.05) is 6.54 Å². The van der Waals surface area contributed by atoms with E-state index < -0.39 is 0 Å². The van der Waals surface area contributed by atoms with Crippen LogP contribution in [0.5, 0.6) is 0 Å². The summed E-state index contributed by atoms with van der Waals surface area (Å²) >= 11 is 0. The SMILES string of the molecule is CCCNC1CCC(C)(c2ccc(C)cc2)C1.